The number of nitrogens with zero attached hydrogens (tertiary/aromatic N) is 4. The smallest absolute Gasteiger partial charge is 0.175 e. The van der Waals surface area contributed by atoms with Crippen LogP contribution in [0.15, 0.2) is 0 Å². The fraction of sp³-hybridized carbons (Fsp3) is 0.900. The maximum absolute atomic E-state index is 6.15. The van der Waals surface area contributed by atoms with Crippen molar-refractivity contribution in [3.05, 3.63) is 5.82 Å². The van der Waals surface area contributed by atoms with Crippen LogP contribution in [0.3, 0.4) is 0 Å². The number of nitrogens with two attached hydrogens (primary N) is 1. The number of hydrogen-bond acceptors (Lipinski definition) is 4. The van der Waals surface area contributed by atoms with Crippen molar-refractivity contribution in [2.75, 3.05) is 0 Å². The van der Waals surface area contributed by atoms with Gasteiger partial charge < -0.3 is 5.73 Å². The molecule has 1 aromatic heterocycles. The second-order valence-electron chi connectivity index (χ2n) is 4.46. The fourth-order valence-electron chi connectivity index (χ4n) is 2.31. The molecule has 15 heavy (non-hydrogen) atoms. The molecular formula is C10H19N5. The zero-order chi connectivity index (χ0) is 10.7. The van der Waals surface area contributed by atoms with E-state index in [4.69, 9.17) is 5.73 Å². The van der Waals surface area contributed by atoms with E-state index in [2.05, 4.69) is 15.4 Å². The van der Waals surface area contributed by atoms with Crippen LogP contribution in [0.4, 0.5) is 0 Å². The van der Waals surface area contributed by atoms with Crippen LogP contribution < -0.4 is 5.73 Å². The predicted octanol–water partition coefficient (Wildman–Crippen LogP) is 0.660. The van der Waals surface area contributed by atoms with Crippen molar-refractivity contribution in [2.24, 2.45) is 18.7 Å². The maximum atomic E-state index is 6.15. The zero-order valence-corrected chi connectivity index (χ0v) is 9.26. The summed E-state index contributed by atoms with van der Waals surface area (Å²) in [7, 11) is 1.80. The largest absolute Gasteiger partial charge is 0.327 e. The highest BCUT2D eigenvalue weighted by molar-refractivity contribution is 4.86. The van der Waals surface area contributed by atoms with Gasteiger partial charge in [-0.25, -0.2) is 0 Å². The average Bonchev–Trinajstić information content (AvgIpc) is 2.50. The van der Waals surface area contributed by atoms with Gasteiger partial charge in [0.2, 0.25) is 0 Å². The molecule has 2 N–H and O–H groups in total. The minimum absolute atomic E-state index is 0.316. The van der Waals surface area contributed by atoms with Gasteiger partial charge in [0.05, 0.1) is 7.05 Å². The lowest BCUT2D eigenvalue weighted by molar-refractivity contribution is 0.388. The lowest BCUT2D eigenvalue weighted by Gasteiger charge is -2.19. The van der Waals surface area contributed by atoms with Crippen molar-refractivity contribution in [1.29, 1.82) is 0 Å². The van der Waals surface area contributed by atoms with Gasteiger partial charge in [0.15, 0.2) is 5.82 Å². The van der Waals surface area contributed by atoms with E-state index >= 15 is 0 Å². The lowest BCUT2D eigenvalue weighted by atomic mass is 9.92. The molecule has 0 bridgehead atoms. The molecule has 2 atom stereocenters. The summed E-state index contributed by atoms with van der Waals surface area (Å²) in [5.74, 6) is 1.37. The molecule has 1 aliphatic rings. The second kappa shape index (κ2) is 4.70. The molecule has 0 radical (unpaired) electrons. The SMILES string of the molecule is Cn1nnc(CC2CCCCCC2N)n1. The van der Waals surface area contributed by atoms with Gasteiger partial charge in [-0.1, -0.05) is 19.3 Å². The molecule has 5 nitrogen and oxygen atoms in total. The van der Waals surface area contributed by atoms with Gasteiger partial charge in [0.1, 0.15) is 0 Å². The van der Waals surface area contributed by atoms with Gasteiger partial charge in [-0.15, -0.1) is 10.2 Å². The van der Waals surface area contributed by atoms with E-state index in [-0.39, 0.29) is 0 Å². The molecular weight excluding hydrogens is 190 g/mol. The highest BCUT2D eigenvalue weighted by atomic mass is 15.6. The monoisotopic (exact) mass is 209 g/mol. The van der Waals surface area contributed by atoms with Crippen LogP contribution in [0.5, 0.6) is 0 Å². The standard InChI is InChI=1S/C10H19N5/c1-15-13-10(12-14-15)7-8-5-3-2-4-6-9(8)11/h8-9H,2-7,11H2,1H3. The van der Waals surface area contributed by atoms with E-state index in [1.54, 1.807) is 7.05 Å². The third-order valence-corrected chi connectivity index (χ3v) is 3.21. The Morgan fingerprint density at radius 3 is 2.87 bits per heavy atom. The molecule has 5 heteroatoms. The second-order valence-corrected chi connectivity index (χ2v) is 4.46. The van der Waals surface area contributed by atoms with Crippen molar-refractivity contribution in [3.63, 3.8) is 0 Å². The quantitative estimate of drug-likeness (QED) is 0.726. The third-order valence-electron chi connectivity index (χ3n) is 3.21. The summed E-state index contributed by atoms with van der Waals surface area (Å²) in [5.41, 5.74) is 6.15. The van der Waals surface area contributed by atoms with E-state index in [0.717, 1.165) is 18.7 Å². The van der Waals surface area contributed by atoms with Crippen LogP contribution in [0, 0.1) is 5.92 Å². The van der Waals surface area contributed by atoms with Gasteiger partial charge in [-0.2, -0.15) is 4.80 Å². The number of tetrazole rings is 1. The number of aryl methyl sites for hydroxylation is 1. The summed E-state index contributed by atoms with van der Waals surface area (Å²) in [6.45, 7) is 0. The summed E-state index contributed by atoms with van der Waals surface area (Å²) >= 11 is 0. The van der Waals surface area contributed by atoms with Crippen LogP contribution in [-0.2, 0) is 13.5 Å². The minimum Gasteiger partial charge on any atom is -0.327 e. The Labute approximate surface area is 90.0 Å². The lowest BCUT2D eigenvalue weighted by Crippen LogP contribution is -2.30. The Hall–Kier alpha value is -0.970. The molecule has 1 fully saturated rings. The molecule has 0 aliphatic heterocycles. The van der Waals surface area contributed by atoms with E-state index in [0.29, 0.717) is 12.0 Å². The summed E-state index contributed by atoms with van der Waals surface area (Å²) < 4.78 is 0. The number of rotatable bonds is 2. The van der Waals surface area contributed by atoms with E-state index in [9.17, 15) is 0 Å². The van der Waals surface area contributed by atoms with Crippen LogP contribution in [0.1, 0.15) is 37.9 Å². The molecule has 84 valence electrons. The van der Waals surface area contributed by atoms with Gasteiger partial charge in [-0.3, -0.25) is 0 Å². The molecule has 0 amide bonds. The number of aromatic nitrogens is 4. The van der Waals surface area contributed by atoms with Crippen LogP contribution in [-0.4, -0.2) is 26.2 Å². The van der Waals surface area contributed by atoms with E-state index < -0.39 is 0 Å². The summed E-state index contributed by atoms with van der Waals surface area (Å²) in [5, 5.41) is 12.1. The van der Waals surface area contributed by atoms with Crippen LogP contribution >= 0.6 is 0 Å². The zero-order valence-electron chi connectivity index (χ0n) is 9.26. The van der Waals surface area contributed by atoms with Crippen LogP contribution in [0.2, 0.25) is 0 Å². The topological polar surface area (TPSA) is 69.6 Å². The maximum Gasteiger partial charge on any atom is 0.175 e. The normalized spacial score (nSPS) is 27.6. The molecule has 2 rings (SSSR count). The molecule has 1 saturated carbocycles. The molecule has 1 heterocycles. The molecule has 1 aromatic rings. The highest BCUT2D eigenvalue weighted by Gasteiger charge is 2.22. The Morgan fingerprint density at radius 1 is 1.33 bits per heavy atom. The van der Waals surface area contributed by atoms with Crippen molar-refractivity contribution in [3.8, 4) is 0 Å². The molecule has 0 saturated heterocycles. The molecule has 0 aromatic carbocycles. The predicted molar refractivity (Wildman–Crippen MR) is 57.1 cm³/mol. The van der Waals surface area contributed by atoms with Gasteiger partial charge in [0, 0.05) is 12.5 Å². The van der Waals surface area contributed by atoms with Gasteiger partial charge >= 0.3 is 0 Å². The van der Waals surface area contributed by atoms with Gasteiger partial charge in [-0.05, 0) is 24.0 Å². The summed E-state index contributed by atoms with van der Waals surface area (Å²) in [4.78, 5) is 1.51. The molecule has 2 unspecified atom stereocenters. The first kappa shape index (κ1) is 10.5. The van der Waals surface area contributed by atoms with E-state index in [1.807, 2.05) is 0 Å². The van der Waals surface area contributed by atoms with Crippen molar-refractivity contribution >= 4 is 0 Å². The van der Waals surface area contributed by atoms with Crippen molar-refractivity contribution in [1.82, 2.24) is 20.2 Å². The molecule has 1 aliphatic carbocycles. The summed E-state index contributed by atoms with van der Waals surface area (Å²) in [6.07, 6.45) is 7.11. The third kappa shape index (κ3) is 2.75. The van der Waals surface area contributed by atoms with Crippen LogP contribution in [0.25, 0.3) is 0 Å². The van der Waals surface area contributed by atoms with Gasteiger partial charge in [0.25, 0.3) is 0 Å². The number of hydrogen-bond donors (Lipinski definition) is 1. The molecule has 0 spiro atoms. The first-order chi connectivity index (χ1) is 7.25. The first-order valence-corrected chi connectivity index (χ1v) is 5.74. The Kier molecular flexibility index (Phi) is 3.30. The Bertz CT molecular complexity index is 309. The average molecular weight is 209 g/mol. The summed E-state index contributed by atoms with van der Waals surface area (Å²) in [6, 6.07) is 0.316. The fourth-order valence-corrected chi connectivity index (χ4v) is 2.31. The van der Waals surface area contributed by atoms with Crippen molar-refractivity contribution in [2.45, 2.75) is 44.6 Å². The Morgan fingerprint density at radius 2 is 2.13 bits per heavy atom. The minimum atomic E-state index is 0.316. The van der Waals surface area contributed by atoms with E-state index in [1.165, 1.54) is 30.5 Å². The Balaban J connectivity index is 1.97. The highest BCUT2D eigenvalue weighted by Crippen LogP contribution is 2.24. The van der Waals surface area contributed by atoms with Crippen molar-refractivity contribution < 1.29 is 0 Å². The first-order valence-electron chi connectivity index (χ1n) is 5.74.